The summed E-state index contributed by atoms with van der Waals surface area (Å²) >= 11 is 0. The van der Waals surface area contributed by atoms with Gasteiger partial charge in [0.1, 0.15) is 0 Å². The summed E-state index contributed by atoms with van der Waals surface area (Å²) in [5.41, 5.74) is 1.17. The minimum absolute atomic E-state index is 0.0729. The predicted molar refractivity (Wildman–Crippen MR) is 57.8 cm³/mol. The maximum absolute atomic E-state index is 11.6. The second kappa shape index (κ2) is 4.80. The topological polar surface area (TPSA) is 20.3 Å². The quantitative estimate of drug-likeness (QED) is 0.718. The van der Waals surface area contributed by atoms with Crippen molar-refractivity contribution in [3.8, 4) is 0 Å². The van der Waals surface area contributed by atoms with E-state index in [9.17, 15) is 4.79 Å². The summed E-state index contributed by atoms with van der Waals surface area (Å²) in [7, 11) is 1.84. The average Bonchev–Trinajstić information content (AvgIpc) is 2.18. The minimum atomic E-state index is 0.0729. The van der Waals surface area contributed by atoms with Gasteiger partial charge in [-0.25, -0.2) is 0 Å². The van der Waals surface area contributed by atoms with E-state index < -0.39 is 0 Å². The molecule has 0 radical (unpaired) electrons. The summed E-state index contributed by atoms with van der Waals surface area (Å²) in [6, 6.07) is 10.0. The van der Waals surface area contributed by atoms with E-state index in [1.54, 1.807) is 4.90 Å². The molecule has 0 spiro atoms. The molecule has 0 unspecified atom stereocenters. The number of carbonyl (C=O) groups excluding carboxylic acids is 1. The van der Waals surface area contributed by atoms with Gasteiger partial charge in [-0.05, 0) is 5.56 Å². The van der Waals surface area contributed by atoms with Crippen LogP contribution in [0.4, 0.5) is 0 Å². The van der Waals surface area contributed by atoms with Crippen molar-refractivity contribution in [3.05, 3.63) is 35.9 Å². The first-order valence-corrected chi connectivity index (χ1v) is 4.90. The molecule has 1 aromatic rings. The molecule has 0 saturated heterocycles. The van der Waals surface area contributed by atoms with Crippen LogP contribution in [0, 0.1) is 5.92 Å². The molecule has 2 nitrogen and oxygen atoms in total. The van der Waals surface area contributed by atoms with Crippen LogP contribution >= 0.6 is 0 Å². The van der Waals surface area contributed by atoms with Gasteiger partial charge in [-0.1, -0.05) is 44.2 Å². The first-order valence-electron chi connectivity index (χ1n) is 4.90. The molecule has 2 heteroatoms. The molecule has 0 bridgehead atoms. The third kappa shape index (κ3) is 2.87. The van der Waals surface area contributed by atoms with Gasteiger partial charge in [0.15, 0.2) is 0 Å². The Morgan fingerprint density at radius 2 is 1.86 bits per heavy atom. The standard InChI is InChI=1S/C12H17NO/c1-10(2)12(14)13(3)9-11-7-5-4-6-8-11/h4-8,10H,9H2,1-3H3. The summed E-state index contributed by atoms with van der Waals surface area (Å²) in [6.45, 7) is 4.53. The lowest BCUT2D eigenvalue weighted by atomic mass is 10.1. The zero-order valence-corrected chi connectivity index (χ0v) is 9.03. The summed E-state index contributed by atoms with van der Waals surface area (Å²) < 4.78 is 0. The van der Waals surface area contributed by atoms with E-state index >= 15 is 0 Å². The Labute approximate surface area is 85.5 Å². The number of amides is 1. The van der Waals surface area contributed by atoms with Crippen molar-refractivity contribution in [2.75, 3.05) is 7.05 Å². The SMILES string of the molecule is CC(C)C(=O)N(C)Cc1ccccc1. The molecular weight excluding hydrogens is 174 g/mol. The molecule has 14 heavy (non-hydrogen) atoms. The summed E-state index contributed by atoms with van der Waals surface area (Å²) in [6.07, 6.45) is 0. The molecule has 0 heterocycles. The molecule has 0 saturated carbocycles. The van der Waals surface area contributed by atoms with E-state index in [4.69, 9.17) is 0 Å². The first kappa shape index (κ1) is 10.8. The van der Waals surface area contributed by atoms with Crippen LogP contribution < -0.4 is 0 Å². The van der Waals surface area contributed by atoms with Crippen LogP contribution in [0.5, 0.6) is 0 Å². The molecule has 1 rings (SSSR count). The summed E-state index contributed by atoms with van der Waals surface area (Å²) in [5.74, 6) is 0.262. The second-order valence-corrected chi connectivity index (χ2v) is 3.83. The van der Waals surface area contributed by atoms with Crippen LogP contribution in [0.15, 0.2) is 30.3 Å². The van der Waals surface area contributed by atoms with Crippen molar-refractivity contribution in [2.45, 2.75) is 20.4 Å². The van der Waals surface area contributed by atoms with Gasteiger partial charge in [-0.15, -0.1) is 0 Å². The van der Waals surface area contributed by atoms with Gasteiger partial charge in [0, 0.05) is 19.5 Å². The Balaban J connectivity index is 2.57. The van der Waals surface area contributed by atoms with E-state index in [1.807, 2.05) is 51.2 Å². The van der Waals surface area contributed by atoms with Gasteiger partial charge in [0.05, 0.1) is 0 Å². The zero-order valence-electron chi connectivity index (χ0n) is 9.03. The zero-order chi connectivity index (χ0) is 10.6. The minimum Gasteiger partial charge on any atom is -0.341 e. The molecule has 0 aliphatic heterocycles. The van der Waals surface area contributed by atoms with Crippen molar-refractivity contribution in [3.63, 3.8) is 0 Å². The Morgan fingerprint density at radius 1 is 1.29 bits per heavy atom. The number of hydrogen-bond donors (Lipinski definition) is 0. The highest BCUT2D eigenvalue weighted by molar-refractivity contribution is 5.77. The smallest absolute Gasteiger partial charge is 0.225 e. The molecule has 0 N–H and O–H groups in total. The highest BCUT2D eigenvalue weighted by Crippen LogP contribution is 2.06. The molecule has 0 aliphatic rings. The number of carbonyl (C=O) groups is 1. The highest BCUT2D eigenvalue weighted by atomic mass is 16.2. The monoisotopic (exact) mass is 191 g/mol. The molecule has 0 atom stereocenters. The Bertz CT molecular complexity index is 292. The average molecular weight is 191 g/mol. The number of nitrogens with zero attached hydrogens (tertiary/aromatic N) is 1. The highest BCUT2D eigenvalue weighted by Gasteiger charge is 2.12. The second-order valence-electron chi connectivity index (χ2n) is 3.83. The van der Waals surface area contributed by atoms with Gasteiger partial charge in [0.25, 0.3) is 0 Å². The van der Waals surface area contributed by atoms with Crippen LogP contribution in [0.25, 0.3) is 0 Å². The van der Waals surface area contributed by atoms with E-state index in [0.717, 1.165) is 0 Å². The van der Waals surface area contributed by atoms with Crippen LogP contribution in [0.1, 0.15) is 19.4 Å². The lowest BCUT2D eigenvalue weighted by Gasteiger charge is -2.19. The molecule has 0 aliphatic carbocycles. The van der Waals surface area contributed by atoms with Crippen LogP contribution in [0.2, 0.25) is 0 Å². The van der Waals surface area contributed by atoms with Crippen LogP contribution in [-0.2, 0) is 11.3 Å². The van der Waals surface area contributed by atoms with Gasteiger partial charge in [0.2, 0.25) is 5.91 Å². The van der Waals surface area contributed by atoms with Crippen molar-refractivity contribution in [1.29, 1.82) is 0 Å². The van der Waals surface area contributed by atoms with Gasteiger partial charge >= 0.3 is 0 Å². The molecular formula is C12H17NO. The normalized spacial score (nSPS) is 10.3. The van der Waals surface area contributed by atoms with Gasteiger partial charge in [-0.3, -0.25) is 4.79 Å². The maximum atomic E-state index is 11.6. The first-order chi connectivity index (χ1) is 6.61. The molecule has 1 aromatic carbocycles. The number of rotatable bonds is 3. The lowest BCUT2D eigenvalue weighted by Crippen LogP contribution is -2.29. The van der Waals surface area contributed by atoms with Crippen molar-refractivity contribution in [2.24, 2.45) is 5.92 Å². The Kier molecular flexibility index (Phi) is 3.69. The largest absolute Gasteiger partial charge is 0.341 e. The van der Waals surface area contributed by atoms with Crippen molar-refractivity contribution in [1.82, 2.24) is 4.90 Å². The van der Waals surface area contributed by atoms with E-state index in [2.05, 4.69) is 0 Å². The fourth-order valence-electron chi connectivity index (χ4n) is 1.38. The fraction of sp³-hybridized carbons (Fsp3) is 0.417. The van der Waals surface area contributed by atoms with E-state index in [0.29, 0.717) is 6.54 Å². The molecule has 0 fully saturated rings. The van der Waals surface area contributed by atoms with Crippen molar-refractivity contribution >= 4 is 5.91 Å². The maximum Gasteiger partial charge on any atom is 0.225 e. The van der Waals surface area contributed by atoms with Crippen molar-refractivity contribution < 1.29 is 4.79 Å². The Morgan fingerprint density at radius 3 is 2.36 bits per heavy atom. The third-order valence-corrected chi connectivity index (χ3v) is 2.13. The van der Waals surface area contributed by atoms with Crippen LogP contribution in [-0.4, -0.2) is 17.9 Å². The van der Waals surface area contributed by atoms with Gasteiger partial charge in [-0.2, -0.15) is 0 Å². The molecule has 76 valence electrons. The number of benzene rings is 1. The van der Waals surface area contributed by atoms with E-state index in [-0.39, 0.29) is 11.8 Å². The molecule has 0 aromatic heterocycles. The predicted octanol–water partition coefficient (Wildman–Crippen LogP) is 2.30. The lowest BCUT2D eigenvalue weighted by molar-refractivity contribution is -0.133. The summed E-state index contributed by atoms with van der Waals surface area (Å²) in [5, 5.41) is 0. The summed E-state index contributed by atoms with van der Waals surface area (Å²) in [4.78, 5) is 13.3. The Hall–Kier alpha value is -1.31. The van der Waals surface area contributed by atoms with E-state index in [1.165, 1.54) is 5.56 Å². The van der Waals surface area contributed by atoms with Crippen LogP contribution in [0.3, 0.4) is 0 Å². The number of hydrogen-bond acceptors (Lipinski definition) is 1. The van der Waals surface area contributed by atoms with Gasteiger partial charge < -0.3 is 4.90 Å². The molecule has 1 amide bonds. The fourth-order valence-corrected chi connectivity index (χ4v) is 1.38. The third-order valence-electron chi connectivity index (χ3n) is 2.13.